The summed E-state index contributed by atoms with van der Waals surface area (Å²) in [5, 5.41) is 3.08. The molecule has 1 heterocycles. The molecule has 30 heavy (non-hydrogen) atoms. The molecule has 1 saturated heterocycles. The van der Waals surface area contributed by atoms with E-state index >= 15 is 0 Å². The van der Waals surface area contributed by atoms with E-state index in [1.165, 1.54) is 23.3 Å². The van der Waals surface area contributed by atoms with E-state index in [0.29, 0.717) is 5.56 Å². The zero-order chi connectivity index (χ0) is 21.1. The van der Waals surface area contributed by atoms with Gasteiger partial charge in [0.25, 0.3) is 5.91 Å². The van der Waals surface area contributed by atoms with Crippen molar-refractivity contribution in [1.29, 1.82) is 0 Å². The zero-order valence-electron chi connectivity index (χ0n) is 17.3. The Hall–Kier alpha value is -2.22. The topological polar surface area (TPSA) is 78.5 Å². The number of aryl methyl sites for hydroxylation is 1. The van der Waals surface area contributed by atoms with Crippen LogP contribution in [0, 0.1) is 6.92 Å². The number of benzene rings is 2. The standard InChI is InChI=1S/C23H29N3O3S/c1-17-4-2-5-18(14-17)16-26-12-10-20(11-13-26)24-23(27)19-6-3-7-22(15-19)30(28,29)25-21-8-9-21/h2-7,14-15,20-21,25H,8-13,16H2,1H3,(H,24,27). The highest BCUT2D eigenvalue weighted by molar-refractivity contribution is 7.89. The fraction of sp³-hybridized carbons (Fsp3) is 0.435. The van der Waals surface area contributed by atoms with E-state index < -0.39 is 10.0 Å². The van der Waals surface area contributed by atoms with Crippen LogP contribution >= 0.6 is 0 Å². The summed E-state index contributed by atoms with van der Waals surface area (Å²) >= 11 is 0. The van der Waals surface area contributed by atoms with Gasteiger partial charge in [0.1, 0.15) is 0 Å². The van der Waals surface area contributed by atoms with Crippen molar-refractivity contribution < 1.29 is 13.2 Å². The summed E-state index contributed by atoms with van der Waals surface area (Å²) in [5.74, 6) is -0.212. The van der Waals surface area contributed by atoms with Gasteiger partial charge in [-0.1, -0.05) is 35.9 Å². The number of likely N-dealkylation sites (tertiary alicyclic amines) is 1. The predicted octanol–water partition coefficient (Wildman–Crippen LogP) is 2.83. The smallest absolute Gasteiger partial charge is 0.251 e. The lowest BCUT2D eigenvalue weighted by atomic mass is 10.0. The number of carbonyl (C=O) groups is 1. The predicted molar refractivity (Wildman–Crippen MR) is 117 cm³/mol. The van der Waals surface area contributed by atoms with Crippen molar-refractivity contribution in [1.82, 2.24) is 14.9 Å². The fourth-order valence-corrected chi connectivity index (χ4v) is 5.22. The van der Waals surface area contributed by atoms with Crippen LogP contribution in [0.5, 0.6) is 0 Å². The first-order valence-electron chi connectivity index (χ1n) is 10.6. The maximum atomic E-state index is 12.7. The SMILES string of the molecule is Cc1cccc(CN2CCC(NC(=O)c3cccc(S(=O)(=O)NC4CC4)c3)CC2)c1. The normalized spacial score (nSPS) is 18.3. The number of nitrogens with zero attached hydrogens (tertiary/aromatic N) is 1. The molecule has 2 N–H and O–H groups in total. The third kappa shape index (κ3) is 5.47. The molecule has 2 aromatic carbocycles. The minimum absolute atomic E-state index is 0.0393. The minimum atomic E-state index is -3.56. The first-order chi connectivity index (χ1) is 14.4. The molecule has 0 spiro atoms. The molecule has 2 fully saturated rings. The van der Waals surface area contributed by atoms with Gasteiger partial charge in [-0.2, -0.15) is 0 Å². The van der Waals surface area contributed by atoms with E-state index in [4.69, 9.17) is 0 Å². The number of carbonyl (C=O) groups excluding carboxylic acids is 1. The van der Waals surface area contributed by atoms with Gasteiger partial charge in [0.15, 0.2) is 0 Å². The number of amides is 1. The van der Waals surface area contributed by atoms with Crippen molar-refractivity contribution in [3.8, 4) is 0 Å². The molecule has 4 rings (SSSR count). The quantitative estimate of drug-likeness (QED) is 0.712. The Morgan fingerprint density at radius 2 is 1.73 bits per heavy atom. The van der Waals surface area contributed by atoms with Crippen molar-refractivity contribution in [2.75, 3.05) is 13.1 Å². The van der Waals surface area contributed by atoms with E-state index in [9.17, 15) is 13.2 Å². The molecule has 0 unspecified atom stereocenters. The average molecular weight is 428 g/mol. The molecule has 2 aliphatic rings. The Bertz CT molecular complexity index is 1010. The van der Waals surface area contributed by atoms with E-state index in [-0.39, 0.29) is 22.9 Å². The van der Waals surface area contributed by atoms with E-state index in [2.05, 4.69) is 46.1 Å². The number of nitrogens with one attached hydrogen (secondary N) is 2. The fourth-order valence-electron chi connectivity index (χ4n) is 3.87. The van der Waals surface area contributed by atoms with E-state index in [1.807, 2.05) is 0 Å². The number of rotatable bonds is 7. The first-order valence-corrected chi connectivity index (χ1v) is 12.1. The van der Waals surface area contributed by atoms with Crippen molar-refractivity contribution >= 4 is 15.9 Å². The van der Waals surface area contributed by atoms with Gasteiger partial charge >= 0.3 is 0 Å². The molecule has 0 atom stereocenters. The summed E-state index contributed by atoms with van der Waals surface area (Å²) < 4.78 is 27.5. The lowest BCUT2D eigenvalue weighted by Crippen LogP contribution is -2.44. The Labute approximate surface area is 178 Å². The molecule has 7 heteroatoms. The largest absolute Gasteiger partial charge is 0.349 e. The number of hydrogen-bond acceptors (Lipinski definition) is 4. The number of sulfonamides is 1. The Morgan fingerprint density at radius 1 is 1.00 bits per heavy atom. The Balaban J connectivity index is 1.31. The summed E-state index contributed by atoms with van der Waals surface area (Å²) in [6.07, 6.45) is 3.53. The molecule has 0 radical (unpaired) electrons. The maximum Gasteiger partial charge on any atom is 0.251 e. The van der Waals surface area contributed by atoms with Crippen LogP contribution in [0.1, 0.15) is 47.2 Å². The second-order valence-corrected chi connectivity index (χ2v) is 10.2. The van der Waals surface area contributed by atoms with Crippen LogP contribution in [0.2, 0.25) is 0 Å². The molecule has 0 aromatic heterocycles. The van der Waals surface area contributed by atoms with Gasteiger partial charge in [-0.15, -0.1) is 0 Å². The van der Waals surface area contributed by atoms with Gasteiger partial charge in [0.05, 0.1) is 4.90 Å². The molecule has 1 amide bonds. The average Bonchev–Trinajstić information content (AvgIpc) is 3.53. The third-order valence-corrected chi connectivity index (χ3v) is 7.24. The maximum absolute atomic E-state index is 12.7. The second-order valence-electron chi connectivity index (χ2n) is 8.44. The van der Waals surface area contributed by atoms with Crippen molar-refractivity contribution in [2.45, 2.75) is 56.1 Å². The molecule has 1 aliphatic carbocycles. The monoisotopic (exact) mass is 427 g/mol. The third-order valence-electron chi connectivity index (χ3n) is 5.72. The molecule has 6 nitrogen and oxygen atoms in total. The molecule has 0 bridgehead atoms. The molecule has 1 saturated carbocycles. The van der Waals surface area contributed by atoms with Gasteiger partial charge in [-0.3, -0.25) is 9.69 Å². The summed E-state index contributed by atoms with van der Waals surface area (Å²) in [4.78, 5) is 15.3. The summed E-state index contributed by atoms with van der Waals surface area (Å²) in [6.45, 7) is 4.89. The van der Waals surface area contributed by atoms with Crippen molar-refractivity contribution in [2.24, 2.45) is 0 Å². The highest BCUT2D eigenvalue weighted by Crippen LogP contribution is 2.22. The van der Waals surface area contributed by atoms with Crippen LogP contribution in [0.4, 0.5) is 0 Å². The van der Waals surface area contributed by atoms with Crippen molar-refractivity contribution in [3.05, 3.63) is 65.2 Å². The van der Waals surface area contributed by atoms with Gasteiger partial charge in [-0.25, -0.2) is 13.1 Å². The number of piperidine rings is 1. The summed E-state index contributed by atoms with van der Waals surface area (Å²) in [7, 11) is -3.56. The molecule has 1 aliphatic heterocycles. The van der Waals surface area contributed by atoms with E-state index in [1.54, 1.807) is 12.1 Å². The zero-order valence-corrected chi connectivity index (χ0v) is 18.1. The lowest BCUT2D eigenvalue weighted by molar-refractivity contribution is 0.0908. The van der Waals surface area contributed by atoms with Crippen molar-refractivity contribution in [3.63, 3.8) is 0 Å². The van der Waals surface area contributed by atoms with Crippen LogP contribution in [-0.2, 0) is 16.6 Å². The van der Waals surface area contributed by atoms with Gasteiger partial charge < -0.3 is 5.32 Å². The molecular formula is C23H29N3O3S. The number of hydrogen-bond donors (Lipinski definition) is 2. The van der Waals surface area contributed by atoms with Crippen LogP contribution in [0.25, 0.3) is 0 Å². The molecule has 160 valence electrons. The molecular weight excluding hydrogens is 398 g/mol. The van der Waals surface area contributed by atoms with Gasteiger partial charge in [0.2, 0.25) is 10.0 Å². The highest BCUT2D eigenvalue weighted by atomic mass is 32.2. The molecule has 2 aromatic rings. The first kappa shape index (κ1) is 21.0. The van der Waals surface area contributed by atoms with Crippen LogP contribution in [-0.4, -0.2) is 44.4 Å². The van der Waals surface area contributed by atoms with Crippen LogP contribution in [0.15, 0.2) is 53.4 Å². The van der Waals surface area contributed by atoms with Crippen LogP contribution < -0.4 is 10.0 Å². The van der Waals surface area contributed by atoms with Gasteiger partial charge in [0, 0.05) is 37.3 Å². The minimum Gasteiger partial charge on any atom is -0.349 e. The van der Waals surface area contributed by atoms with E-state index in [0.717, 1.165) is 45.3 Å². The second kappa shape index (κ2) is 8.88. The lowest BCUT2D eigenvalue weighted by Gasteiger charge is -2.32. The van der Waals surface area contributed by atoms with Crippen LogP contribution in [0.3, 0.4) is 0 Å². The Morgan fingerprint density at radius 3 is 2.43 bits per heavy atom. The Kier molecular flexibility index (Phi) is 6.22. The van der Waals surface area contributed by atoms with Gasteiger partial charge in [-0.05, 0) is 56.4 Å². The highest BCUT2D eigenvalue weighted by Gasteiger charge is 2.28. The summed E-state index contributed by atoms with van der Waals surface area (Å²) in [5.41, 5.74) is 2.97. The summed E-state index contributed by atoms with van der Waals surface area (Å²) in [6, 6.07) is 15.0.